The van der Waals surface area contributed by atoms with Crippen LogP contribution in [-0.2, 0) is 11.8 Å². The van der Waals surface area contributed by atoms with E-state index in [1.165, 1.54) is 42.4 Å². The zero-order chi connectivity index (χ0) is 17.2. The zero-order valence-corrected chi connectivity index (χ0v) is 16.0. The molecule has 0 atom stereocenters. The number of fused-ring (bicyclic) bond motifs is 1. The largest absolute Gasteiger partial charge is 0.298 e. The van der Waals surface area contributed by atoms with Crippen LogP contribution in [0.2, 0.25) is 0 Å². The molecule has 4 aliphatic carbocycles. The van der Waals surface area contributed by atoms with Gasteiger partial charge in [-0.15, -0.1) is 11.3 Å². The summed E-state index contributed by atoms with van der Waals surface area (Å²) in [5.41, 5.74) is 0.676. The first kappa shape index (κ1) is 16.1. The topological polar surface area (TPSA) is 52.0 Å². The van der Waals surface area contributed by atoms with Crippen LogP contribution in [0.1, 0.15) is 38.5 Å². The highest BCUT2D eigenvalue weighted by molar-refractivity contribution is 7.99. The Labute approximate surface area is 155 Å². The maximum absolute atomic E-state index is 13.1. The predicted octanol–water partition coefficient (Wildman–Crippen LogP) is 3.87. The molecule has 0 aromatic carbocycles. The normalized spacial score (nSPS) is 33.2. The molecular weight excluding hydrogens is 352 g/mol. The van der Waals surface area contributed by atoms with Crippen molar-refractivity contribution in [3.8, 4) is 0 Å². The number of thioether (sulfide) groups is 1. The summed E-state index contributed by atoms with van der Waals surface area (Å²) in [5.74, 6) is 3.19. The summed E-state index contributed by atoms with van der Waals surface area (Å²) in [7, 11) is 1.76. The van der Waals surface area contributed by atoms with E-state index in [0.717, 1.165) is 42.5 Å². The minimum Gasteiger partial charge on any atom is -0.298 e. The first-order valence-electron chi connectivity index (χ1n) is 9.14. The molecule has 0 spiro atoms. The molecule has 0 radical (unpaired) electrons. The van der Waals surface area contributed by atoms with Gasteiger partial charge in [0, 0.05) is 12.5 Å². The number of rotatable bonds is 4. The van der Waals surface area contributed by atoms with Crippen LogP contribution >= 0.6 is 23.1 Å². The molecule has 0 aliphatic heterocycles. The summed E-state index contributed by atoms with van der Waals surface area (Å²) in [4.78, 5) is 30.2. The van der Waals surface area contributed by atoms with Gasteiger partial charge in [-0.2, -0.15) is 0 Å². The fourth-order valence-electron chi connectivity index (χ4n) is 5.83. The smallest absolute Gasteiger partial charge is 0.271 e. The van der Waals surface area contributed by atoms with Gasteiger partial charge < -0.3 is 0 Å². The molecule has 4 bridgehead atoms. The number of nitrogens with zero attached hydrogens (tertiary/aromatic N) is 2. The van der Waals surface area contributed by atoms with Crippen molar-refractivity contribution >= 4 is 39.1 Å². The molecule has 0 N–H and O–H groups in total. The van der Waals surface area contributed by atoms with Gasteiger partial charge >= 0.3 is 0 Å². The SMILES string of the molecule is Cn1c(SCC(=O)C23CC4CC(CC(C4)C2)C3)nc2ccsc2c1=O. The molecule has 4 aliphatic rings. The van der Waals surface area contributed by atoms with E-state index in [0.29, 0.717) is 21.4 Å². The van der Waals surface area contributed by atoms with Crippen molar-refractivity contribution in [2.24, 2.45) is 30.2 Å². The lowest BCUT2D eigenvalue weighted by atomic mass is 9.48. The number of carbonyl (C=O) groups excluding carboxylic acids is 1. The summed E-state index contributed by atoms with van der Waals surface area (Å²) in [6, 6.07) is 1.88. The van der Waals surface area contributed by atoms with Crippen molar-refractivity contribution in [3.05, 3.63) is 21.8 Å². The molecule has 0 amide bonds. The second-order valence-corrected chi connectivity index (χ2v) is 10.2. The van der Waals surface area contributed by atoms with Crippen LogP contribution in [0.3, 0.4) is 0 Å². The van der Waals surface area contributed by atoms with E-state index in [9.17, 15) is 9.59 Å². The Morgan fingerprint density at radius 2 is 1.92 bits per heavy atom. The summed E-state index contributed by atoms with van der Waals surface area (Å²) >= 11 is 2.87. The standard InChI is InChI=1S/C19H22N2O2S2/c1-21-17(23)16-14(2-3-24-16)20-18(21)25-10-15(22)19-7-11-4-12(8-19)6-13(5-11)9-19/h2-3,11-13H,4-10H2,1H3. The van der Waals surface area contributed by atoms with Crippen molar-refractivity contribution in [2.45, 2.75) is 43.7 Å². The van der Waals surface area contributed by atoms with E-state index in [4.69, 9.17) is 0 Å². The van der Waals surface area contributed by atoms with Crippen molar-refractivity contribution in [1.29, 1.82) is 0 Å². The third-order valence-electron chi connectivity index (χ3n) is 6.61. The Bertz CT molecular complexity index is 878. The molecule has 4 nitrogen and oxygen atoms in total. The lowest BCUT2D eigenvalue weighted by Gasteiger charge is -2.56. The molecule has 4 saturated carbocycles. The van der Waals surface area contributed by atoms with Gasteiger partial charge in [0.05, 0.1) is 11.3 Å². The molecule has 4 fully saturated rings. The van der Waals surface area contributed by atoms with Gasteiger partial charge in [0.25, 0.3) is 5.56 Å². The number of ketones is 1. The molecule has 2 heterocycles. The maximum atomic E-state index is 13.1. The molecule has 6 rings (SSSR count). The van der Waals surface area contributed by atoms with Crippen LogP contribution in [0, 0.1) is 23.2 Å². The van der Waals surface area contributed by atoms with E-state index < -0.39 is 0 Å². The molecule has 25 heavy (non-hydrogen) atoms. The number of aromatic nitrogens is 2. The van der Waals surface area contributed by atoms with E-state index in [1.807, 2.05) is 11.4 Å². The van der Waals surface area contributed by atoms with Gasteiger partial charge in [-0.25, -0.2) is 4.98 Å². The Morgan fingerprint density at radius 1 is 1.28 bits per heavy atom. The number of thiophene rings is 1. The third-order valence-corrected chi connectivity index (χ3v) is 8.53. The van der Waals surface area contributed by atoms with Gasteiger partial charge in [0.15, 0.2) is 5.16 Å². The Kier molecular flexibility index (Phi) is 3.65. The van der Waals surface area contributed by atoms with Crippen LogP contribution in [0.4, 0.5) is 0 Å². The third kappa shape index (κ3) is 2.52. The van der Waals surface area contributed by atoms with Crippen molar-refractivity contribution in [1.82, 2.24) is 9.55 Å². The highest BCUT2D eigenvalue weighted by Gasteiger charge is 2.54. The second kappa shape index (κ2) is 5.68. The second-order valence-electron chi connectivity index (χ2n) is 8.30. The summed E-state index contributed by atoms with van der Waals surface area (Å²) < 4.78 is 2.29. The van der Waals surface area contributed by atoms with Gasteiger partial charge in [-0.05, 0) is 67.7 Å². The zero-order valence-electron chi connectivity index (χ0n) is 14.4. The monoisotopic (exact) mass is 374 g/mol. The van der Waals surface area contributed by atoms with Crippen LogP contribution < -0.4 is 5.56 Å². The Balaban J connectivity index is 1.37. The molecule has 2 aromatic heterocycles. The molecular formula is C19H22N2O2S2. The molecule has 2 aromatic rings. The van der Waals surface area contributed by atoms with Crippen molar-refractivity contribution < 1.29 is 4.79 Å². The van der Waals surface area contributed by atoms with Crippen molar-refractivity contribution in [3.63, 3.8) is 0 Å². The van der Waals surface area contributed by atoms with Gasteiger partial charge in [-0.1, -0.05) is 11.8 Å². The molecule has 0 saturated heterocycles. The Hall–Kier alpha value is -1.14. The fraction of sp³-hybridized carbons (Fsp3) is 0.632. The fourth-order valence-corrected chi connectivity index (χ4v) is 7.64. The van der Waals surface area contributed by atoms with Crippen LogP contribution in [0.15, 0.2) is 21.4 Å². The maximum Gasteiger partial charge on any atom is 0.271 e. The number of carbonyl (C=O) groups is 1. The van der Waals surface area contributed by atoms with Crippen LogP contribution in [0.5, 0.6) is 0 Å². The predicted molar refractivity (Wildman–Crippen MR) is 101 cm³/mol. The summed E-state index contributed by atoms with van der Waals surface area (Å²) in [6.07, 6.45) is 7.37. The quantitative estimate of drug-likeness (QED) is 0.602. The highest BCUT2D eigenvalue weighted by Crippen LogP contribution is 2.60. The number of hydrogen-bond acceptors (Lipinski definition) is 5. The number of Topliss-reactive ketones (excluding diaryl/α,β-unsaturated/α-hetero) is 1. The van der Waals surface area contributed by atoms with Gasteiger partial charge in [0.1, 0.15) is 10.5 Å². The Morgan fingerprint density at radius 3 is 2.56 bits per heavy atom. The molecule has 6 heteroatoms. The lowest BCUT2D eigenvalue weighted by Crippen LogP contribution is -2.50. The van der Waals surface area contributed by atoms with E-state index in [1.54, 1.807) is 11.6 Å². The average molecular weight is 375 g/mol. The average Bonchev–Trinajstić information content (AvgIpc) is 3.04. The van der Waals surface area contributed by atoms with Crippen LogP contribution in [-0.4, -0.2) is 21.1 Å². The molecule has 132 valence electrons. The lowest BCUT2D eigenvalue weighted by molar-refractivity contribution is -0.141. The summed E-state index contributed by atoms with van der Waals surface area (Å²) in [6.45, 7) is 0. The van der Waals surface area contributed by atoms with Crippen LogP contribution in [0.25, 0.3) is 10.2 Å². The minimum atomic E-state index is -0.0624. The van der Waals surface area contributed by atoms with E-state index >= 15 is 0 Å². The number of hydrogen-bond donors (Lipinski definition) is 0. The van der Waals surface area contributed by atoms with Crippen molar-refractivity contribution in [2.75, 3.05) is 5.75 Å². The minimum absolute atomic E-state index is 0.00949. The van der Waals surface area contributed by atoms with Gasteiger partial charge in [-0.3, -0.25) is 14.2 Å². The van der Waals surface area contributed by atoms with E-state index in [-0.39, 0.29) is 11.0 Å². The van der Waals surface area contributed by atoms with E-state index in [2.05, 4.69) is 4.98 Å². The summed E-state index contributed by atoms with van der Waals surface area (Å²) in [5, 5.41) is 2.56. The first-order valence-corrected chi connectivity index (χ1v) is 11.0. The molecule has 0 unspecified atom stereocenters. The first-order chi connectivity index (χ1) is 12.0. The van der Waals surface area contributed by atoms with Gasteiger partial charge in [0.2, 0.25) is 0 Å². The highest BCUT2D eigenvalue weighted by atomic mass is 32.2.